The number of amides is 3. The molecule has 2 fully saturated rings. The van der Waals surface area contributed by atoms with Crippen molar-refractivity contribution in [2.45, 2.75) is 59.9 Å². The zero-order valence-corrected chi connectivity index (χ0v) is 25.5. The molecule has 0 spiro atoms. The highest BCUT2D eigenvalue weighted by molar-refractivity contribution is 5.96. The summed E-state index contributed by atoms with van der Waals surface area (Å²) in [6.07, 6.45) is 3.52. The van der Waals surface area contributed by atoms with Gasteiger partial charge in [0.25, 0.3) is 0 Å². The molecule has 8 nitrogen and oxygen atoms in total. The van der Waals surface area contributed by atoms with Crippen LogP contribution < -0.4 is 16.0 Å². The fraction of sp³-hybridized carbons (Fsp3) is 0.576. The van der Waals surface area contributed by atoms with Crippen LogP contribution in [0, 0.1) is 11.3 Å². The molecule has 2 aliphatic rings. The zero-order chi connectivity index (χ0) is 29.4. The monoisotopic (exact) mass is 563 g/mol. The van der Waals surface area contributed by atoms with Gasteiger partial charge in [0.2, 0.25) is 5.91 Å². The summed E-state index contributed by atoms with van der Waals surface area (Å²) < 4.78 is 5.44. The smallest absolute Gasteiger partial charge is 0.320 e. The van der Waals surface area contributed by atoms with Crippen LogP contribution >= 0.6 is 0 Å². The minimum atomic E-state index is -0.0921. The molecule has 3 N–H and O–H groups in total. The summed E-state index contributed by atoms with van der Waals surface area (Å²) in [7, 11) is 0. The van der Waals surface area contributed by atoms with Crippen molar-refractivity contribution in [2.24, 2.45) is 17.1 Å². The predicted octanol–water partition coefficient (Wildman–Crippen LogP) is 5.57. The Hall–Kier alpha value is -3.10. The van der Waals surface area contributed by atoms with Crippen LogP contribution in [0.1, 0.15) is 58.9 Å². The Balaban J connectivity index is 1.58. The molecule has 0 saturated carbocycles. The van der Waals surface area contributed by atoms with E-state index < -0.39 is 0 Å². The van der Waals surface area contributed by atoms with Gasteiger partial charge in [0.05, 0.1) is 24.6 Å². The van der Waals surface area contributed by atoms with Gasteiger partial charge in [0.15, 0.2) is 0 Å². The molecule has 2 aliphatic heterocycles. The molecular weight excluding hydrogens is 514 g/mol. The highest BCUT2D eigenvalue weighted by Crippen LogP contribution is 2.35. The van der Waals surface area contributed by atoms with E-state index in [1.54, 1.807) is 0 Å². The maximum absolute atomic E-state index is 13.3. The average molecular weight is 564 g/mol. The van der Waals surface area contributed by atoms with Gasteiger partial charge in [-0.25, -0.2) is 4.79 Å². The number of benzene rings is 2. The number of urea groups is 1. The summed E-state index contributed by atoms with van der Waals surface area (Å²) in [6, 6.07) is 14.8. The van der Waals surface area contributed by atoms with Crippen LogP contribution in [-0.4, -0.2) is 74.2 Å². The second kappa shape index (κ2) is 14.2. The van der Waals surface area contributed by atoms with E-state index in [2.05, 4.69) is 74.3 Å². The third-order valence-electron chi connectivity index (χ3n) is 7.90. The molecule has 4 rings (SSSR count). The van der Waals surface area contributed by atoms with Crippen molar-refractivity contribution in [3.63, 3.8) is 0 Å². The number of hydrogen-bond donors (Lipinski definition) is 2. The van der Waals surface area contributed by atoms with E-state index in [1.807, 2.05) is 15.9 Å². The van der Waals surface area contributed by atoms with Crippen LogP contribution in [0.25, 0.3) is 11.1 Å². The molecule has 0 aromatic heterocycles. The molecule has 3 amide bonds. The Morgan fingerprint density at radius 3 is 2.41 bits per heavy atom. The largest absolute Gasteiger partial charge is 0.378 e. The number of piperidine rings is 1. The topological polar surface area (TPSA) is 91.1 Å². The van der Waals surface area contributed by atoms with Crippen molar-refractivity contribution in [2.75, 3.05) is 62.7 Å². The van der Waals surface area contributed by atoms with Gasteiger partial charge in [-0.3, -0.25) is 4.79 Å². The highest BCUT2D eigenvalue weighted by Gasteiger charge is 2.24. The minimum Gasteiger partial charge on any atom is -0.378 e. The Bertz CT molecular complexity index is 1160. The normalized spacial score (nSPS) is 16.5. The minimum absolute atomic E-state index is 0.0344. The van der Waals surface area contributed by atoms with Crippen molar-refractivity contribution in [3.05, 3.63) is 48.0 Å². The molecule has 224 valence electrons. The molecule has 2 heterocycles. The predicted molar refractivity (Wildman–Crippen MR) is 167 cm³/mol. The first-order valence-electron chi connectivity index (χ1n) is 15.2. The van der Waals surface area contributed by atoms with Crippen LogP contribution in [0.5, 0.6) is 0 Å². The van der Waals surface area contributed by atoms with Crippen molar-refractivity contribution in [1.82, 2.24) is 9.80 Å². The second-order valence-electron chi connectivity index (χ2n) is 12.8. The van der Waals surface area contributed by atoms with Gasteiger partial charge < -0.3 is 30.5 Å². The number of nitrogens with zero attached hydrogens (tertiary/aromatic N) is 3. The van der Waals surface area contributed by atoms with Gasteiger partial charge in [-0.2, -0.15) is 0 Å². The third-order valence-corrected chi connectivity index (χ3v) is 7.90. The van der Waals surface area contributed by atoms with E-state index in [0.29, 0.717) is 52.4 Å². The molecule has 0 bridgehead atoms. The van der Waals surface area contributed by atoms with Crippen LogP contribution in [0.3, 0.4) is 0 Å². The number of hydrogen-bond acceptors (Lipinski definition) is 5. The summed E-state index contributed by atoms with van der Waals surface area (Å²) >= 11 is 0. The van der Waals surface area contributed by atoms with Gasteiger partial charge in [-0.15, -0.1) is 0 Å². The third kappa shape index (κ3) is 8.94. The lowest BCUT2D eigenvalue weighted by Gasteiger charge is -2.34. The molecule has 41 heavy (non-hydrogen) atoms. The molecule has 0 radical (unpaired) electrons. The number of ether oxygens (including phenoxy) is 1. The van der Waals surface area contributed by atoms with E-state index in [-0.39, 0.29) is 17.4 Å². The fourth-order valence-corrected chi connectivity index (χ4v) is 5.57. The van der Waals surface area contributed by atoms with Crippen molar-refractivity contribution in [1.29, 1.82) is 0 Å². The maximum Gasteiger partial charge on any atom is 0.320 e. The summed E-state index contributed by atoms with van der Waals surface area (Å²) in [5.74, 6) is 0.763. The molecule has 2 aromatic rings. The quantitative estimate of drug-likeness (QED) is 0.416. The van der Waals surface area contributed by atoms with Crippen LogP contribution in [-0.2, 0) is 16.1 Å². The van der Waals surface area contributed by atoms with Gasteiger partial charge in [-0.1, -0.05) is 52.0 Å². The van der Waals surface area contributed by atoms with E-state index >= 15 is 0 Å². The fourth-order valence-electron chi connectivity index (χ4n) is 5.57. The summed E-state index contributed by atoms with van der Waals surface area (Å²) in [5, 5.41) is 3.25. The number of rotatable bonds is 9. The Morgan fingerprint density at radius 2 is 1.73 bits per heavy atom. The van der Waals surface area contributed by atoms with Gasteiger partial charge in [0.1, 0.15) is 0 Å². The Labute approximate surface area is 246 Å². The number of carbonyl (C=O) groups excluding carboxylic acids is 2. The van der Waals surface area contributed by atoms with Crippen molar-refractivity contribution < 1.29 is 14.3 Å². The molecule has 8 heteroatoms. The lowest BCUT2D eigenvalue weighted by atomic mass is 9.92. The van der Waals surface area contributed by atoms with Crippen LogP contribution in [0.15, 0.2) is 42.5 Å². The summed E-state index contributed by atoms with van der Waals surface area (Å²) in [6.45, 7) is 14.6. The number of anilines is 2. The average Bonchev–Trinajstić information content (AvgIpc) is 2.95. The maximum atomic E-state index is 13.3. The van der Waals surface area contributed by atoms with E-state index in [0.717, 1.165) is 66.3 Å². The number of nitrogens with one attached hydrogen (secondary N) is 1. The first-order chi connectivity index (χ1) is 19.6. The molecular formula is C33H49N5O3. The van der Waals surface area contributed by atoms with E-state index in [1.165, 1.54) is 0 Å². The summed E-state index contributed by atoms with van der Waals surface area (Å²) in [5.41, 5.74) is 10.8. The van der Waals surface area contributed by atoms with E-state index in [9.17, 15) is 9.59 Å². The Kier molecular flexibility index (Phi) is 10.7. The molecule has 0 aliphatic carbocycles. The standard InChI is InChI=1S/C33H49N5O3/c1-25-11-15-36(16-12-25)30-10-9-28(22-29(30)35-31(39)23-33(2,3)4)27-8-5-7-26(21-27)24-38(14-6-13-34)32(40)37-17-19-41-20-18-37/h5,7-10,21-22,25H,6,11-20,23-24,34H2,1-4H3,(H,35,39). The SMILES string of the molecule is CC1CCN(c2ccc(-c3cccc(CN(CCCN)C(=O)N4CCOCC4)c3)cc2NC(=O)CC(C)(C)C)CC1. The second-order valence-corrected chi connectivity index (χ2v) is 12.8. The first-order valence-corrected chi connectivity index (χ1v) is 15.2. The number of nitrogens with two attached hydrogens (primary N) is 1. The molecule has 0 atom stereocenters. The van der Waals surface area contributed by atoms with Crippen molar-refractivity contribution >= 4 is 23.3 Å². The Morgan fingerprint density at radius 1 is 1.02 bits per heavy atom. The first kappa shape index (κ1) is 30.8. The molecule has 2 saturated heterocycles. The van der Waals surface area contributed by atoms with Crippen LogP contribution in [0.2, 0.25) is 0 Å². The lowest BCUT2D eigenvalue weighted by molar-refractivity contribution is -0.117. The van der Waals surface area contributed by atoms with Crippen LogP contribution in [0.4, 0.5) is 16.2 Å². The molecule has 2 aromatic carbocycles. The van der Waals surface area contributed by atoms with Gasteiger partial charge >= 0.3 is 6.03 Å². The molecule has 0 unspecified atom stereocenters. The van der Waals surface area contributed by atoms with Gasteiger partial charge in [-0.05, 0) is 72.0 Å². The van der Waals surface area contributed by atoms with Gasteiger partial charge in [0, 0.05) is 45.7 Å². The van der Waals surface area contributed by atoms with E-state index in [4.69, 9.17) is 10.5 Å². The number of morpholine rings is 1. The van der Waals surface area contributed by atoms with Crippen molar-refractivity contribution in [3.8, 4) is 11.1 Å². The highest BCUT2D eigenvalue weighted by atomic mass is 16.5. The lowest BCUT2D eigenvalue weighted by Crippen LogP contribution is -2.48. The summed E-state index contributed by atoms with van der Waals surface area (Å²) in [4.78, 5) is 32.5. The number of carbonyl (C=O) groups is 2. The zero-order valence-electron chi connectivity index (χ0n) is 25.5.